The predicted molar refractivity (Wildman–Crippen MR) is 71.3 cm³/mol. The minimum absolute atomic E-state index is 0.174. The minimum Gasteiger partial charge on any atom is -0.390 e. The molecule has 1 unspecified atom stereocenters. The summed E-state index contributed by atoms with van der Waals surface area (Å²) in [6.45, 7) is 8.72. The second-order valence-corrected chi connectivity index (χ2v) is 5.14. The summed E-state index contributed by atoms with van der Waals surface area (Å²) in [6, 6.07) is 8.45. The molecule has 1 rings (SSSR count). The first-order valence-electron chi connectivity index (χ1n) is 6.37. The van der Waals surface area contributed by atoms with Crippen LogP contribution in [0.2, 0.25) is 0 Å². The van der Waals surface area contributed by atoms with Crippen LogP contribution >= 0.6 is 0 Å². The van der Waals surface area contributed by atoms with Crippen molar-refractivity contribution in [1.29, 1.82) is 0 Å². The summed E-state index contributed by atoms with van der Waals surface area (Å²) in [5.41, 5.74) is 2.50. The average molecular weight is 236 g/mol. The number of aliphatic hydroxyl groups excluding tert-OH is 1. The van der Waals surface area contributed by atoms with Gasteiger partial charge in [-0.2, -0.15) is 0 Å². The standard InChI is InChI=1S/C15H24O2/c1-11(2)14-7-5-13(6-8-14)9-15(16)10-17-12(3)4/h5-8,11-12,15-16H,9-10H2,1-4H3. The van der Waals surface area contributed by atoms with Crippen molar-refractivity contribution in [1.82, 2.24) is 0 Å². The van der Waals surface area contributed by atoms with Crippen LogP contribution in [-0.4, -0.2) is 23.9 Å². The summed E-state index contributed by atoms with van der Waals surface area (Å²) in [6.07, 6.45) is 0.417. The number of hydrogen-bond acceptors (Lipinski definition) is 2. The van der Waals surface area contributed by atoms with Crippen LogP contribution < -0.4 is 0 Å². The maximum atomic E-state index is 9.80. The van der Waals surface area contributed by atoms with Gasteiger partial charge in [0.25, 0.3) is 0 Å². The molecule has 2 heteroatoms. The quantitative estimate of drug-likeness (QED) is 0.822. The Balaban J connectivity index is 2.45. The molecule has 0 spiro atoms. The van der Waals surface area contributed by atoms with Crippen molar-refractivity contribution in [3.05, 3.63) is 35.4 Å². The Kier molecular flexibility index (Phi) is 5.66. The van der Waals surface area contributed by atoms with E-state index >= 15 is 0 Å². The summed E-state index contributed by atoms with van der Waals surface area (Å²) < 4.78 is 5.39. The summed E-state index contributed by atoms with van der Waals surface area (Å²) in [7, 11) is 0. The van der Waals surface area contributed by atoms with E-state index in [1.807, 2.05) is 13.8 Å². The molecule has 0 saturated carbocycles. The highest BCUT2D eigenvalue weighted by molar-refractivity contribution is 5.25. The lowest BCUT2D eigenvalue weighted by atomic mass is 10.00. The first kappa shape index (κ1) is 14.2. The van der Waals surface area contributed by atoms with E-state index in [0.717, 1.165) is 5.56 Å². The molecule has 0 fully saturated rings. The molecule has 0 heterocycles. The van der Waals surface area contributed by atoms with Crippen molar-refractivity contribution in [2.45, 2.75) is 52.2 Å². The largest absolute Gasteiger partial charge is 0.390 e. The first-order chi connectivity index (χ1) is 7.99. The third kappa shape index (κ3) is 5.33. The Bertz CT molecular complexity index is 314. The molecule has 17 heavy (non-hydrogen) atoms. The van der Waals surface area contributed by atoms with Gasteiger partial charge in [0, 0.05) is 6.42 Å². The number of hydrogen-bond donors (Lipinski definition) is 1. The Morgan fingerprint density at radius 2 is 1.65 bits per heavy atom. The van der Waals surface area contributed by atoms with Crippen LogP contribution in [0.5, 0.6) is 0 Å². The molecule has 2 nitrogen and oxygen atoms in total. The summed E-state index contributed by atoms with van der Waals surface area (Å²) >= 11 is 0. The number of benzene rings is 1. The van der Waals surface area contributed by atoms with Gasteiger partial charge in [-0.05, 0) is 30.9 Å². The smallest absolute Gasteiger partial charge is 0.0814 e. The molecule has 1 aromatic carbocycles. The molecule has 0 aliphatic heterocycles. The van der Waals surface area contributed by atoms with Crippen LogP contribution in [0.4, 0.5) is 0 Å². The fourth-order valence-corrected chi connectivity index (χ4v) is 1.67. The zero-order valence-corrected chi connectivity index (χ0v) is 11.3. The molecule has 0 aliphatic rings. The highest BCUT2D eigenvalue weighted by Gasteiger charge is 2.07. The van der Waals surface area contributed by atoms with E-state index in [9.17, 15) is 5.11 Å². The lowest BCUT2D eigenvalue weighted by Gasteiger charge is -2.14. The molecule has 0 radical (unpaired) electrons. The fraction of sp³-hybridized carbons (Fsp3) is 0.600. The van der Waals surface area contributed by atoms with Crippen LogP contribution in [-0.2, 0) is 11.2 Å². The van der Waals surface area contributed by atoms with E-state index in [1.165, 1.54) is 5.56 Å². The van der Waals surface area contributed by atoms with Gasteiger partial charge in [-0.15, -0.1) is 0 Å². The topological polar surface area (TPSA) is 29.5 Å². The molecule has 0 aliphatic carbocycles. The van der Waals surface area contributed by atoms with Gasteiger partial charge >= 0.3 is 0 Å². The van der Waals surface area contributed by atoms with Gasteiger partial charge in [-0.1, -0.05) is 38.1 Å². The zero-order chi connectivity index (χ0) is 12.8. The van der Waals surface area contributed by atoms with Crippen molar-refractivity contribution in [2.24, 2.45) is 0 Å². The van der Waals surface area contributed by atoms with E-state index in [1.54, 1.807) is 0 Å². The summed E-state index contributed by atoms with van der Waals surface area (Å²) in [5.74, 6) is 0.554. The molecule has 0 amide bonds. The monoisotopic (exact) mass is 236 g/mol. The van der Waals surface area contributed by atoms with Gasteiger partial charge in [0.2, 0.25) is 0 Å². The van der Waals surface area contributed by atoms with E-state index in [0.29, 0.717) is 18.9 Å². The summed E-state index contributed by atoms with van der Waals surface area (Å²) in [5, 5.41) is 9.80. The lowest BCUT2D eigenvalue weighted by molar-refractivity contribution is 0.00621. The van der Waals surface area contributed by atoms with Crippen LogP contribution in [0.1, 0.15) is 44.7 Å². The van der Waals surface area contributed by atoms with Crippen LogP contribution in [0.25, 0.3) is 0 Å². The highest BCUT2D eigenvalue weighted by Crippen LogP contribution is 2.15. The van der Waals surface area contributed by atoms with Crippen molar-refractivity contribution in [2.75, 3.05) is 6.61 Å². The molecular formula is C15H24O2. The van der Waals surface area contributed by atoms with E-state index in [2.05, 4.69) is 38.1 Å². The Morgan fingerprint density at radius 3 is 2.12 bits per heavy atom. The molecule has 96 valence electrons. The predicted octanol–water partition coefficient (Wildman–Crippen LogP) is 3.14. The zero-order valence-electron chi connectivity index (χ0n) is 11.3. The maximum absolute atomic E-state index is 9.80. The normalized spacial score (nSPS) is 13.4. The highest BCUT2D eigenvalue weighted by atomic mass is 16.5. The third-order valence-electron chi connectivity index (χ3n) is 2.74. The van der Waals surface area contributed by atoms with Gasteiger partial charge in [0.15, 0.2) is 0 Å². The second-order valence-electron chi connectivity index (χ2n) is 5.14. The van der Waals surface area contributed by atoms with Crippen LogP contribution in [0, 0.1) is 0 Å². The lowest BCUT2D eigenvalue weighted by Crippen LogP contribution is -2.20. The third-order valence-corrected chi connectivity index (χ3v) is 2.74. The first-order valence-corrected chi connectivity index (χ1v) is 6.37. The van der Waals surface area contributed by atoms with Gasteiger partial charge < -0.3 is 9.84 Å². The number of aliphatic hydroxyl groups is 1. The molecule has 1 atom stereocenters. The molecule has 1 aromatic rings. The number of ether oxygens (including phenoxy) is 1. The van der Waals surface area contributed by atoms with Gasteiger partial charge in [-0.3, -0.25) is 0 Å². The van der Waals surface area contributed by atoms with Gasteiger partial charge in [-0.25, -0.2) is 0 Å². The van der Waals surface area contributed by atoms with Gasteiger partial charge in [0.1, 0.15) is 0 Å². The molecule has 0 aromatic heterocycles. The van der Waals surface area contributed by atoms with E-state index in [4.69, 9.17) is 4.74 Å². The SMILES string of the molecule is CC(C)OCC(O)Cc1ccc(C(C)C)cc1. The van der Waals surface area contributed by atoms with E-state index in [-0.39, 0.29) is 6.10 Å². The van der Waals surface area contributed by atoms with Crippen molar-refractivity contribution in [3.8, 4) is 0 Å². The molecule has 1 N–H and O–H groups in total. The Morgan fingerprint density at radius 1 is 1.06 bits per heavy atom. The molecule has 0 bridgehead atoms. The van der Waals surface area contributed by atoms with E-state index < -0.39 is 6.10 Å². The maximum Gasteiger partial charge on any atom is 0.0814 e. The summed E-state index contributed by atoms with van der Waals surface area (Å²) in [4.78, 5) is 0. The molecular weight excluding hydrogens is 212 g/mol. The average Bonchev–Trinajstić information content (AvgIpc) is 2.27. The van der Waals surface area contributed by atoms with Crippen LogP contribution in [0.3, 0.4) is 0 Å². The van der Waals surface area contributed by atoms with Gasteiger partial charge in [0.05, 0.1) is 18.8 Å². The van der Waals surface area contributed by atoms with Crippen LogP contribution in [0.15, 0.2) is 24.3 Å². The molecule has 0 saturated heterocycles. The fourth-order valence-electron chi connectivity index (χ4n) is 1.67. The number of rotatable bonds is 6. The Hall–Kier alpha value is -0.860. The van der Waals surface area contributed by atoms with Crippen molar-refractivity contribution >= 4 is 0 Å². The van der Waals surface area contributed by atoms with Crippen molar-refractivity contribution < 1.29 is 9.84 Å². The second kappa shape index (κ2) is 6.77. The van der Waals surface area contributed by atoms with Crippen molar-refractivity contribution in [3.63, 3.8) is 0 Å². The minimum atomic E-state index is -0.415. The Labute approximate surface area is 105 Å².